The van der Waals surface area contributed by atoms with Gasteiger partial charge in [0.15, 0.2) is 6.10 Å². The molecule has 1 aromatic heterocycles. The smallest absolute Gasteiger partial charge is 0.265 e. The van der Waals surface area contributed by atoms with Gasteiger partial charge in [-0.1, -0.05) is 29.8 Å². The Kier molecular flexibility index (Phi) is 5.20. The molecule has 0 aliphatic heterocycles. The van der Waals surface area contributed by atoms with Gasteiger partial charge in [-0.15, -0.1) is 0 Å². The molecule has 5 nitrogen and oxygen atoms in total. The number of para-hydroxylation sites is 2. The molecule has 1 N–H and O–H groups in total. The number of carbonyl (C=O) groups is 1. The number of nitrogens with one attached hydrogen (secondary N) is 1. The first-order valence-electron chi connectivity index (χ1n) is 9.45. The first kappa shape index (κ1) is 18.6. The van der Waals surface area contributed by atoms with Crippen LogP contribution in [0.3, 0.4) is 0 Å². The molecule has 4 aromatic rings. The van der Waals surface area contributed by atoms with Gasteiger partial charge < -0.3 is 10.1 Å². The van der Waals surface area contributed by atoms with Crippen LogP contribution in [0.1, 0.15) is 12.5 Å². The van der Waals surface area contributed by atoms with E-state index in [1.807, 2.05) is 79.7 Å². The lowest BCUT2D eigenvalue weighted by atomic mass is 10.1. The molecule has 29 heavy (non-hydrogen) atoms. The highest BCUT2D eigenvalue weighted by atomic mass is 16.5. The summed E-state index contributed by atoms with van der Waals surface area (Å²) in [5.41, 5.74) is 5.34. The summed E-state index contributed by atoms with van der Waals surface area (Å²) < 4.78 is 5.79. The predicted octanol–water partition coefficient (Wildman–Crippen LogP) is 5.01. The van der Waals surface area contributed by atoms with Gasteiger partial charge in [0, 0.05) is 11.3 Å². The van der Waals surface area contributed by atoms with Crippen molar-refractivity contribution in [2.45, 2.75) is 20.0 Å². The van der Waals surface area contributed by atoms with E-state index in [1.54, 1.807) is 13.1 Å². The Hall–Kier alpha value is -3.73. The summed E-state index contributed by atoms with van der Waals surface area (Å²) in [6, 6.07) is 22.9. The molecule has 144 valence electrons. The second-order valence-electron chi connectivity index (χ2n) is 6.88. The molecule has 0 spiro atoms. The summed E-state index contributed by atoms with van der Waals surface area (Å²) >= 11 is 0. The minimum absolute atomic E-state index is 0.196. The molecule has 1 heterocycles. The summed E-state index contributed by atoms with van der Waals surface area (Å²) in [6.07, 6.45) is 1.14. The number of hydrogen-bond acceptors (Lipinski definition) is 4. The van der Waals surface area contributed by atoms with E-state index >= 15 is 0 Å². The maximum atomic E-state index is 12.4. The first-order chi connectivity index (χ1) is 14.1. The second-order valence-corrected chi connectivity index (χ2v) is 6.88. The summed E-state index contributed by atoms with van der Waals surface area (Å²) in [5, 5.41) is 2.86. The Balaban J connectivity index is 1.43. The molecule has 1 amide bonds. The summed E-state index contributed by atoms with van der Waals surface area (Å²) in [4.78, 5) is 21.5. The van der Waals surface area contributed by atoms with Crippen LogP contribution in [-0.4, -0.2) is 22.0 Å². The number of hydrogen-bond donors (Lipinski definition) is 1. The normalized spacial score (nSPS) is 11.8. The number of carbonyl (C=O) groups excluding carboxylic acids is 1. The van der Waals surface area contributed by atoms with Gasteiger partial charge in [0.1, 0.15) is 5.75 Å². The minimum Gasteiger partial charge on any atom is -0.481 e. The Morgan fingerprint density at radius 1 is 0.931 bits per heavy atom. The average Bonchev–Trinajstić information content (AvgIpc) is 2.75. The van der Waals surface area contributed by atoms with Gasteiger partial charge in [-0.05, 0) is 62.4 Å². The topological polar surface area (TPSA) is 64.1 Å². The molecule has 3 aromatic carbocycles. The molecule has 0 unspecified atom stereocenters. The molecule has 0 aliphatic carbocycles. The standard InChI is InChI=1S/C24H21N3O2/c1-16-7-11-19(12-8-16)26-24(28)17(2)29-20-13-9-18(10-14-20)23-15-25-21-5-3-4-6-22(21)27-23/h3-15,17H,1-2H3,(H,26,28)/t17-/m1/s1. The van der Waals surface area contributed by atoms with Gasteiger partial charge >= 0.3 is 0 Å². The van der Waals surface area contributed by atoms with Crippen molar-refractivity contribution in [2.75, 3.05) is 5.32 Å². The van der Waals surface area contributed by atoms with Gasteiger partial charge in [0.2, 0.25) is 0 Å². The van der Waals surface area contributed by atoms with Crippen LogP contribution in [-0.2, 0) is 4.79 Å². The van der Waals surface area contributed by atoms with Crippen LogP contribution in [0.2, 0.25) is 0 Å². The van der Waals surface area contributed by atoms with Crippen LogP contribution in [0.4, 0.5) is 5.69 Å². The first-order valence-corrected chi connectivity index (χ1v) is 9.45. The van der Waals surface area contributed by atoms with E-state index in [0.717, 1.165) is 33.5 Å². The fraction of sp³-hybridized carbons (Fsp3) is 0.125. The Morgan fingerprint density at radius 2 is 1.62 bits per heavy atom. The van der Waals surface area contributed by atoms with Crippen LogP contribution >= 0.6 is 0 Å². The molecule has 0 saturated carbocycles. The molecule has 0 radical (unpaired) electrons. The lowest BCUT2D eigenvalue weighted by Crippen LogP contribution is -2.30. The van der Waals surface area contributed by atoms with Crippen molar-refractivity contribution in [3.8, 4) is 17.0 Å². The number of rotatable bonds is 5. The van der Waals surface area contributed by atoms with E-state index in [1.165, 1.54) is 0 Å². The largest absolute Gasteiger partial charge is 0.481 e. The second kappa shape index (κ2) is 8.10. The zero-order chi connectivity index (χ0) is 20.2. The number of aromatic nitrogens is 2. The molecular formula is C24H21N3O2. The van der Waals surface area contributed by atoms with Gasteiger partial charge in [0.25, 0.3) is 5.91 Å². The molecule has 0 fully saturated rings. The maximum absolute atomic E-state index is 12.4. The van der Waals surface area contributed by atoms with Crippen LogP contribution < -0.4 is 10.1 Å². The fourth-order valence-corrected chi connectivity index (χ4v) is 2.94. The Morgan fingerprint density at radius 3 is 2.34 bits per heavy atom. The van der Waals surface area contributed by atoms with Crippen LogP contribution in [0.5, 0.6) is 5.75 Å². The zero-order valence-corrected chi connectivity index (χ0v) is 16.3. The number of amides is 1. The third-order valence-electron chi connectivity index (χ3n) is 4.60. The van der Waals surface area contributed by atoms with E-state index in [0.29, 0.717) is 5.75 Å². The van der Waals surface area contributed by atoms with Crippen molar-refractivity contribution in [3.63, 3.8) is 0 Å². The van der Waals surface area contributed by atoms with Crippen molar-refractivity contribution in [2.24, 2.45) is 0 Å². The Bertz CT molecular complexity index is 1140. The van der Waals surface area contributed by atoms with E-state index in [9.17, 15) is 4.79 Å². The summed E-state index contributed by atoms with van der Waals surface area (Å²) in [5.74, 6) is 0.423. The van der Waals surface area contributed by atoms with E-state index in [-0.39, 0.29) is 5.91 Å². The van der Waals surface area contributed by atoms with Crippen LogP contribution in [0.15, 0.2) is 79.0 Å². The van der Waals surface area contributed by atoms with Crippen LogP contribution in [0, 0.1) is 6.92 Å². The van der Waals surface area contributed by atoms with Crippen molar-refractivity contribution in [1.82, 2.24) is 9.97 Å². The SMILES string of the molecule is Cc1ccc(NC(=O)[C@@H](C)Oc2ccc(-c3cnc4ccccc4n3)cc2)cc1. The minimum atomic E-state index is -0.623. The lowest BCUT2D eigenvalue weighted by Gasteiger charge is -2.15. The third kappa shape index (κ3) is 4.41. The maximum Gasteiger partial charge on any atom is 0.265 e. The van der Waals surface area contributed by atoms with Gasteiger partial charge in [0.05, 0.1) is 22.9 Å². The number of ether oxygens (including phenoxy) is 1. The number of fused-ring (bicyclic) bond motifs is 1. The lowest BCUT2D eigenvalue weighted by molar-refractivity contribution is -0.122. The summed E-state index contributed by atoms with van der Waals surface area (Å²) in [7, 11) is 0. The third-order valence-corrected chi connectivity index (χ3v) is 4.60. The van der Waals surface area contributed by atoms with E-state index in [4.69, 9.17) is 4.74 Å². The highest BCUT2D eigenvalue weighted by molar-refractivity contribution is 5.94. The highest BCUT2D eigenvalue weighted by Gasteiger charge is 2.15. The molecule has 4 rings (SSSR count). The quantitative estimate of drug-likeness (QED) is 0.526. The predicted molar refractivity (Wildman–Crippen MR) is 115 cm³/mol. The fourth-order valence-electron chi connectivity index (χ4n) is 2.94. The molecule has 0 bridgehead atoms. The van der Waals surface area contributed by atoms with Crippen molar-refractivity contribution >= 4 is 22.6 Å². The monoisotopic (exact) mass is 383 g/mol. The molecular weight excluding hydrogens is 362 g/mol. The zero-order valence-electron chi connectivity index (χ0n) is 16.3. The van der Waals surface area contributed by atoms with Crippen LogP contribution in [0.25, 0.3) is 22.3 Å². The van der Waals surface area contributed by atoms with Crippen molar-refractivity contribution < 1.29 is 9.53 Å². The molecule has 0 aliphatic rings. The van der Waals surface area contributed by atoms with Gasteiger partial charge in [-0.25, -0.2) is 4.98 Å². The summed E-state index contributed by atoms with van der Waals surface area (Å²) in [6.45, 7) is 3.73. The average molecular weight is 383 g/mol. The number of benzene rings is 3. The number of anilines is 1. The number of aryl methyl sites for hydroxylation is 1. The number of nitrogens with zero attached hydrogens (tertiary/aromatic N) is 2. The Labute approximate surface area is 169 Å². The van der Waals surface area contributed by atoms with Crippen molar-refractivity contribution in [1.29, 1.82) is 0 Å². The molecule has 0 saturated heterocycles. The highest BCUT2D eigenvalue weighted by Crippen LogP contribution is 2.23. The van der Waals surface area contributed by atoms with Gasteiger partial charge in [-0.2, -0.15) is 0 Å². The van der Waals surface area contributed by atoms with E-state index < -0.39 is 6.10 Å². The van der Waals surface area contributed by atoms with Gasteiger partial charge in [-0.3, -0.25) is 9.78 Å². The van der Waals surface area contributed by atoms with Crippen molar-refractivity contribution in [3.05, 3.63) is 84.6 Å². The van der Waals surface area contributed by atoms with E-state index in [2.05, 4.69) is 15.3 Å². The molecule has 1 atom stereocenters. The molecule has 5 heteroatoms.